The SMILES string of the molecule is CN1CCN=C(c2ccccc2)c2cc([N+](=O)[O-])ccc21. The molecule has 0 bridgehead atoms. The van der Waals surface area contributed by atoms with Crippen molar-refractivity contribution in [1.29, 1.82) is 0 Å². The van der Waals surface area contributed by atoms with Gasteiger partial charge in [-0.3, -0.25) is 15.1 Å². The number of nitro groups is 1. The van der Waals surface area contributed by atoms with E-state index in [-0.39, 0.29) is 10.6 Å². The Bertz CT molecular complexity index is 711. The molecule has 0 aliphatic carbocycles. The van der Waals surface area contributed by atoms with E-state index in [0.29, 0.717) is 6.54 Å². The van der Waals surface area contributed by atoms with E-state index in [1.807, 2.05) is 37.4 Å². The van der Waals surface area contributed by atoms with E-state index in [1.165, 1.54) is 0 Å². The maximum Gasteiger partial charge on any atom is 0.270 e. The van der Waals surface area contributed by atoms with Crippen LogP contribution in [0.5, 0.6) is 0 Å². The van der Waals surface area contributed by atoms with Gasteiger partial charge in [-0.2, -0.15) is 0 Å². The van der Waals surface area contributed by atoms with Gasteiger partial charge in [0.15, 0.2) is 0 Å². The van der Waals surface area contributed by atoms with E-state index >= 15 is 0 Å². The summed E-state index contributed by atoms with van der Waals surface area (Å²) in [6.45, 7) is 1.46. The first-order valence-corrected chi connectivity index (χ1v) is 6.76. The molecule has 0 atom stereocenters. The molecule has 0 aromatic heterocycles. The molecule has 1 heterocycles. The van der Waals surface area contributed by atoms with Crippen LogP contribution in [-0.2, 0) is 0 Å². The van der Waals surface area contributed by atoms with Crippen molar-refractivity contribution in [1.82, 2.24) is 0 Å². The van der Waals surface area contributed by atoms with E-state index in [9.17, 15) is 10.1 Å². The van der Waals surface area contributed by atoms with Crippen LogP contribution in [0.1, 0.15) is 11.1 Å². The second kappa shape index (κ2) is 5.36. The van der Waals surface area contributed by atoms with Crippen LogP contribution in [0.4, 0.5) is 11.4 Å². The summed E-state index contributed by atoms with van der Waals surface area (Å²) in [5.74, 6) is 0. The Hall–Kier alpha value is -2.69. The highest BCUT2D eigenvalue weighted by Crippen LogP contribution is 2.29. The molecule has 0 N–H and O–H groups in total. The average Bonchev–Trinajstić information content (AvgIpc) is 2.67. The second-order valence-electron chi connectivity index (χ2n) is 4.98. The third-order valence-corrected chi connectivity index (χ3v) is 3.61. The molecule has 0 saturated heterocycles. The average molecular weight is 281 g/mol. The number of fused-ring (bicyclic) bond motifs is 1. The van der Waals surface area contributed by atoms with Gasteiger partial charge in [0.2, 0.25) is 0 Å². The Kier molecular flexibility index (Phi) is 3.39. The first-order chi connectivity index (χ1) is 10.2. The van der Waals surface area contributed by atoms with Crippen molar-refractivity contribution in [3.63, 3.8) is 0 Å². The minimum absolute atomic E-state index is 0.0904. The van der Waals surface area contributed by atoms with Gasteiger partial charge in [0.05, 0.1) is 17.2 Å². The normalized spacial score (nSPS) is 14.1. The van der Waals surface area contributed by atoms with Crippen LogP contribution >= 0.6 is 0 Å². The first kappa shape index (κ1) is 13.3. The van der Waals surface area contributed by atoms with Crippen molar-refractivity contribution in [2.24, 2.45) is 4.99 Å². The van der Waals surface area contributed by atoms with Crippen LogP contribution in [0.15, 0.2) is 53.5 Å². The number of benzodiazepines with no additional fused rings is 1. The van der Waals surface area contributed by atoms with E-state index in [2.05, 4.69) is 9.89 Å². The molecule has 5 nitrogen and oxygen atoms in total. The number of hydrogen-bond acceptors (Lipinski definition) is 4. The molecule has 0 spiro atoms. The fourth-order valence-electron chi connectivity index (χ4n) is 2.52. The minimum Gasteiger partial charge on any atom is -0.372 e. The van der Waals surface area contributed by atoms with Crippen LogP contribution in [-0.4, -0.2) is 30.8 Å². The van der Waals surface area contributed by atoms with Crippen molar-refractivity contribution in [3.8, 4) is 0 Å². The third-order valence-electron chi connectivity index (χ3n) is 3.61. The van der Waals surface area contributed by atoms with Crippen molar-refractivity contribution >= 4 is 17.1 Å². The zero-order valence-corrected chi connectivity index (χ0v) is 11.7. The number of nitrogens with zero attached hydrogens (tertiary/aromatic N) is 3. The van der Waals surface area contributed by atoms with Crippen molar-refractivity contribution in [3.05, 3.63) is 69.8 Å². The Morgan fingerprint density at radius 2 is 1.95 bits per heavy atom. The van der Waals surface area contributed by atoms with Crippen LogP contribution in [0.3, 0.4) is 0 Å². The van der Waals surface area contributed by atoms with E-state index in [4.69, 9.17) is 0 Å². The summed E-state index contributed by atoms with van der Waals surface area (Å²) < 4.78 is 0. The van der Waals surface area contributed by atoms with Gasteiger partial charge >= 0.3 is 0 Å². The van der Waals surface area contributed by atoms with E-state index < -0.39 is 0 Å². The quantitative estimate of drug-likeness (QED) is 0.628. The number of likely N-dealkylation sites (N-methyl/N-ethyl adjacent to an activating group) is 1. The minimum atomic E-state index is -0.367. The number of nitro benzene ring substituents is 1. The summed E-state index contributed by atoms with van der Waals surface area (Å²) in [5, 5.41) is 11.0. The molecule has 1 aliphatic heterocycles. The fourth-order valence-corrected chi connectivity index (χ4v) is 2.52. The standard InChI is InChI=1S/C16H15N3O2/c1-18-10-9-17-16(12-5-3-2-4-6-12)14-11-13(19(20)21)7-8-15(14)18/h2-8,11H,9-10H2,1H3. The van der Waals surface area contributed by atoms with Gasteiger partial charge in [-0.1, -0.05) is 30.3 Å². The summed E-state index contributed by atoms with van der Waals surface area (Å²) in [4.78, 5) is 17.4. The molecule has 5 heteroatoms. The van der Waals surface area contributed by atoms with Crippen molar-refractivity contribution in [2.75, 3.05) is 25.0 Å². The summed E-state index contributed by atoms with van der Waals surface area (Å²) in [7, 11) is 1.98. The molecule has 0 unspecified atom stereocenters. The highest BCUT2D eigenvalue weighted by atomic mass is 16.6. The zero-order chi connectivity index (χ0) is 14.8. The van der Waals surface area contributed by atoms with Gasteiger partial charge in [-0.15, -0.1) is 0 Å². The topological polar surface area (TPSA) is 58.7 Å². The number of hydrogen-bond donors (Lipinski definition) is 0. The Labute approximate surface area is 122 Å². The highest BCUT2D eigenvalue weighted by molar-refractivity contribution is 6.16. The van der Waals surface area contributed by atoms with Gasteiger partial charge in [0.25, 0.3) is 5.69 Å². The zero-order valence-electron chi connectivity index (χ0n) is 11.7. The van der Waals surface area contributed by atoms with E-state index in [1.54, 1.807) is 18.2 Å². The van der Waals surface area contributed by atoms with Crippen LogP contribution in [0.2, 0.25) is 0 Å². The van der Waals surface area contributed by atoms with Crippen molar-refractivity contribution in [2.45, 2.75) is 0 Å². The van der Waals surface area contributed by atoms with Gasteiger partial charge in [0, 0.05) is 42.5 Å². The molecular weight excluding hydrogens is 266 g/mol. The molecule has 3 rings (SSSR count). The predicted octanol–water partition coefficient (Wildman–Crippen LogP) is 2.88. The molecule has 2 aromatic rings. The summed E-state index contributed by atoms with van der Waals surface area (Å²) in [5.41, 5.74) is 3.68. The number of rotatable bonds is 2. The third kappa shape index (κ3) is 2.50. The molecule has 1 aliphatic rings. The lowest BCUT2D eigenvalue weighted by atomic mass is 10.00. The summed E-state index contributed by atoms with van der Waals surface area (Å²) >= 11 is 0. The molecule has 0 fully saturated rings. The van der Waals surface area contributed by atoms with E-state index in [0.717, 1.165) is 29.1 Å². The largest absolute Gasteiger partial charge is 0.372 e. The molecule has 2 aromatic carbocycles. The molecule has 21 heavy (non-hydrogen) atoms. The molecule has 106 valence electrons. The predicted molar refractivity (Wildman–Crippen MR) is 83.3 cm³/mol. The molecule has 0 amide bonds. The van der Waals surface area contributed by atoms with Crippen molar-refractivity contribution < 1.29 is 4.92 Å². The Morgan fingerprint density at radius 3 is 2.67 bits per heavy atom. The van der Waals surface area contributed by atoms with Gasteiger partial charge in [-0.05, 0) is 6.07 Å². The number of aliphatic imine (C=N–C) groups is 1. The lowest BCUT2D eigenvalue weighted by molar-refractivity contribution is -0.384. The Morgan fingerprint density at radius 1 is 1.19 bits per heavy atom. The lowest BCUT2D eigenvalue weighted by Gasteiger charge is -2.19. The first-order valence-electron chi connectivity index (χ1n) is 6.76. The smallest absolute Gasteiger partial charge is 0.270 e. The van der Waals surface area contributed by atoms with Gasteiger partial charge in [0.1, 0.15) is 0 Å². The monoisotopic (exact) mass is 281 g/mol. The lowest BCUT2D eigenvalue weighted by Crippen LogP contribution is -2.20. The molecule has 0 radical (unpaired) electrons. The maximum absolute atomic E-state index is 11.0. The number of benzene rings is 2. The fraction of sp³-hybridized carbons (Fsp3) is 0.188. The highest BCUT2D eigenvalue weighted by Gasteiger charge is 2.20. The Balaban J connectivity index is 2.19. The van der Waals surface area contributed by atoms with Gasteiger partial charge < -0.3 is 4.90 Å². The molecular formula is C16H15N3O2. The van der Waals surface area contributed by atoms with Crippen LogP contribution in [0.25, 0.3) is 0 Å². The summed E-state index contributed by atoms with van der Waals surface area (Å²) in [6.07, 6.45) is 0. The van der Waals surface area contributed by atoms with Gasteiger partial charge in [-0.25, -0.2) is 0 Å². The summed E-state index contributed by atoms with van der Waals surface area (Å²) in [6, 6.07) is 14.8. The van der Waals surface area contributed by atoms with Crippen LogP contribution < -0.4 is 4.90 Å². The number of anilines is 1. The van der Waals surface area contributed by atoms with Crippen LogP contribution in [0, 0.1) is 10.1 Å². The second-order valence-corrected chi connectivity index (χ2v) is 4.98. The maximum atomic E-state index is 11.0. The number of non-ortho nitro benzene ring substituents is 1. The molecule has 0 saturated carbocycles.